The summed E-state index contributed by atoms with van der Waals surface area (Å²) in [5.41, 5.74) is 1.04. The molecule has 1 amide bonds. The molecule has 5 nitrogen and oxygen atoms in total. The van der Waals surface area contributed by atoms with E-state index in [4.69, 9.17) is 0 Å². The summed E-state index contributed by atoms with van der Waals surface area (Å²) >= 11 is 3.38. The molecule has 1 aromatic carbocycles. The molecule has 0 radical (unpaired) electrons. The molecule has 1 aliphatic rings. The second kappa shape index (κ2) is 7.08. The monoisotopic (exact) mass is 374 g/mol. The van der Waals surface area contributed by atoms with Crippen molar-refractivity contribution in [3.05, 3.63) is 46.8 Å². The van der Waals surface area contributed by atoms with Crippen LogP contribution in [0, 0.1) is 5.92 Å². The van der Waals surface area contributed by atoms with Gasteiger partial charge in [0.25, 0.3) is 5.91 Å². The Balaban J connectivity index is 1.65. The van der Waals surface area contributed by atoms with Crippen LogP contribution in [0.3, 0.4) is 0 Å². The van der Waals surface area contributed by atoms with E-state index in [9.17, 15) is 4.79 Å². The Morgan fingerprint density at radius 3 is 2.70 bits per heavy atom. The maximum atomic E-state index is 12.2. The van der Waals surface area contributed by atoms with E-state index >= 15 is 0 Å². The average molecular weight is 375 g/mol. The zero-order chi connectivity index (χ0) is 16.2. The third-order valence-corrected chi connectivity index (χ3v) is 4.55. The van der Waals surface area contributed by atoms with Gasteiger partial charge in [-0.25, -0.2) is 9.97 Å². The van der Waals surface area contributed by atoms with Crippen molar-refractivity contribution in [2.45, 2.75) is 19.8 Å². The standard InChI is InChI=1S/C17H19BrN4O/c1-12-5-7-22(8-6-12)16-11-19-15(10-20-16)17(23)21-14-4-2-3-13(18)9-14/h2-4,9-12H,5-8H2,1H3,(H,21,23). The first-order valence-electron chi connectivity index (χ1n) is 7.76. The van der Waals surface area contributed by atoms with Crippen LogP contribution in [0.25, 0.3) is 0 Å². The average Bonchev–Trinajstić information content (AvgIpc) is 2.56. The van der Waals surface area contributed by atoms with Gasteiger partial charge in [-0.15, -0.1) is 0 Å². The number of carbonyl (C=O) groups excluding carboxylic acids is 1. The summed E-state index contributed by atoms with van der Waals surface area (Å²) < 4.78 is 0.913. The van der Waals surface area contributed by atoms with E-state index in [-0.39, 0.29) is 5.91 Å². The fourth-order valence-corrected chi connectivity index (χ4v) is 3.00. The predicted molar refractivity (Wildman–Crippen MR) is 94.7 cm³/mol. The Morgan fingerprint density at radius 1 is 1.26 bits per heavy atom. The van der Waals surface area contributed by atoms with Crippen LogP contribution >= 0.6 is 15.9 Å². The minimum atomic E-state index is -0.255. The summed E-state index contributed by atoms with van der Waals surface area (Å²) in [7, 11) is 0. The molecule has 0 atom stereocenters. The van der Waals surface area contributed by atoms with Gasteiger partial charge in [0.2, 0.25) is 0 Å². The van der Waals surface area contributed by atoms with Crippen molar-refractivity contribution >= 4 is 33.3 Å². The molecule has 0 unspecified atom stereocenters. The lowest BCUT2D eigenvalue weighted by Gasteiger charge is -2.30. The number of nitrogens with zero attached hydrogens (tertiary/aromatic N) is 3. The number of hydrogen-bond acceptors (Lipinski definition) is 4. The molecule has 2 aromatic rings. The van der Waals surface area contributed by atoms with Crippen LogP contribution in [-0.2, 0) is 0 Å². The predicted octanol–water partition coefficient (Wildman–Crippen LogP) is 3.73. The van der Waals surface area contributed by atoms with Crippen molar-refractivity contribution in [3.8, 4) is 0 Å². The number of nitrogens with one attached hydrogen (secondary N) is 1. The second-order valence-electron chi connectivity index (χ2n) is 5.89. The summed E-state index contributed by atoms with van der Waals surface area (Å²) in [4.78, 5) is 23.1. The Morgan fingerprint density at radius 2 is 2.04 bits per heavy atom. The third-order valence-electron chi connectivity index (χ3n) is 4.06. The van der Waals surface area contributed by atoms with E-state index in [1.54, 1.807) is 12.4 Å². The first-order chi connectivity index (χ1) is 11.1. The van der Waals surface area contributed by atoms with Gasteiger partial charge in [-0.3, -0.25) is 4.79 Å². The lowest BCUT2D eigenvalue weighted by molar-refractivity contribution is 0.102. The quantitative estimate of drug-likeness (QED) is 0.888. The molecule has 2 heterocycles. The fraction of sp³-hybridized carbons (Fsp3) is 0.353. The van der Waals surface area contributed by atoms with Gasteiger partial charge in [0.15, 0.2) is 0 Å². The van der Waals surface area contributed by atoms with Crippen molar-refractivity contribution < 1.29 is 4.79 Å². The summed E-state index contributed by atoms with van der Waals surface area (Å²) in [6.07, 6.45) is 5.58. The molecule has 1 fully saturated rings. The molecule has 0 saturated carbocycles. The van der Waals surface area contributed by atoms with Crippen molar-refractivity contribution in [2.75, 3.05) is 23.3 Å². The molecule has 1 saturated heterocycles. The van der Waals surface area contributed by atoms with Crippen LogP contribution in [0.15, 0.2) is 41.1 Å². The van der Waals surface area contributed by atoms with Crippen LogP contribution < -0.4 is 10.2 Å². The number of aromatic nitrogens is 2. The molecule has 0 spiro atoms. The van der Waals surface area contributed by atoms with Crippen LogP contribution in [0.5, 0.6) is 0 Å². The van der Waals surface area contributed by atoms with Gasteiger partial charge in [0, 0.05) is 23.2 Å². The lowest BCUT2D eigenvalue weighted by Crippen LogP contribution is -2.33. The van der Waals surface area contributed by atoms with Crippen molar-refractivity contribution in [1.82, 2.24) is 9.97 Å². The first-order valence-corrected chi connectivity index (χ1v) is 8.55. The normalized spacial score (nSPS) is 15.5. The highest BCUT2D eigenvalue weighted by atomic mass is 79.9. The Labute approximate surface area is 144 Å². The van der Waals surface area contributed by atoms with Crippen LogP contribution in [0.2, 0.25) is 0 Å². The maximum absolute atomic E-state index is 12.2. The number of carbonyl (C=O) groups is 1. The molecule has 0 aliphatic carbocycles. The topological polar surface area (TPSA) is 58.1 Å². The molecule has 0 bridgehead atoms. The van der Waals surface area contributed by atoms with Crippen molar-refractivity contribution in [2.24, 2.45) is 5.92 Å². The molecule has 1 aromatic heterocycles. The van der Waals surface area contributed by atoms with Gasteiger partial charge in [-0.05, 0) is 37.0 Å². The molecular formula is C17H19BrN4O. The second-order valence-corrected chi connectivity index (χ2v) is 6.81. The molecular weight excluding hydrogens is 356 g/mol. The number of halogens is 1. The Bertz CT molecular complexity index is 681. The van der Waals surface area contributed by atoms with E-state index in [0.29, 0.717) is 5.69 Å². The number of amides is 1. The number of rotatable bonds is 3. The van der Waals surface area contributed by atoms with E-state index in [2.05, 4.69) is 43.0 Å². The van der Waals surface area contributed by atoms with Gasteiger partial charge < -0.3 is 10.2 Å². The van der Waals surface area contributed by atoms with Crippen LogP contribution in [0.4, 0.5) is 11.5 Å². The van der Waals surface area contributed by atoms with E-state index < -0.39 is 0 Å². The van der Waals surface area contributed by atoms with Crippen molar-refractivity contribution in [1.29, 1.82) is 0 Å². The van der Waals surface area contributed by atoms with E-state index in [0.717, 1.165) is 35.0 Å². The largest absolute Gasteiger partial charge is 0.355 e. The van der Waals surface area contributed by atoms with Crippen LogP contribution in [-0.4, -0.2) is 29.0 Å². The number of piperidine rings is 1. The van der Waals surface area contributed by atoms with Crippen molar-refractivity contribution in [3.63, 3.8) is 0 Å². The van der Waals surface area contributed by atoms with E-state index in [1.807, 2.05) is 24.3 Å². The highest BCUT2D eigenvalue weighted by Crippen LogP contribution is 2.21. The first kappa shape index (κ1) is 15.9. The van der Waals surface area contributed by atoms with Gasteiger partial charge in [0.1, 0.15) is 11.5 Å². The fourth-order valence-electron chi connectivity index (χ4n) is 2.60. The summed E-state index contributed by atoms with van der Waals surface area (Å²) in [6.45, 7) is 4.28. The molecule has 1 aliphatic heterocycles. The minimum absolute atomic E-state index is 0.255. The molecule has 23 heavy (non-hydrogen) atoms. The molecule has 120 valence electrons. The minimum Gasteiger partial charge on any atom is -0.355 e. The highest BCUT2D eigenvalue weighted by Gasteiger charge is 2.17. The molecule has 3 rings (SSSR count). The van der Waals surface area contributed by atoms with E-state index in [1.165, 1.54) is 12.8 Å². The van der Waals surface area contributed by atoms with Gasteiger partial charge in [-0.1, -0.05) is 28.9 Å². The third kappa shape index (κ3) is 4.07. The highest BCUT2D eigenvalue weighted by molar-refractivity contribution is 9.10. The molecule has 1 N–H and O–H groups in total. The summed E-state index contributed by atoms with van der Waals surface area (Å²) in [6, 6.07) is 7.45. The SMILES string of the molecule is CC1CCN(c2cnc(C(=O)Nc3cccc(Br)c3)cn2)CC1. The zero-order valence-electron chi connectivity index (χ0n) is 13.0. The summed E-state index contributed by atoms with van der Waals surface area (Å²) in [5.74, 6) is 1.36. The molecule has 6 heteroatoms. The Kier molecular flexibility index (Phi) is 4.91. The maximum Gasteiger partial charge on any atom is 0.275 e. The Hall–Kier alpha value is -1.95. The lowest BCUT2D eigenvalue weighted by atomic mass is 9.99. The number of benzene rings is 1. The van der Waals surface area contributed by atoms with Gasteiger partial charge in [0.05, 0.1) is 12.4 Å². The van der Waals surface area contributed by atoms with Crippen LogP contribution in [0.1, 0.15) is 30.3 Å². The number of hydrogen-bond donors (Lipinski definition) is 1. The van der Waals surface area contributed by atoms with Gasteiger partial charge >= 0.3 is 0 Å². The number of anilines is 2. The van der Waals surface area contributed by atoms with Gasteiger partial charge in [-0.2, -0.15) is 0 Å². The smallest absolute Gasteiger partial charge is 0.275 e. The summed E-state index contributed by atoms with van der Waals surface area (Å²) in [5, 5.41) is 2.82. The zero-order valence-corrected chi connectivity index (χ0v) is 14.6.